The molecule has 12 N–H and O–H groups in total. The van der Waals surface area contributed by atoms with Gasteiger partial charge in [0.15, 0.2) is 0 Å². The molecule has 19 nitrogen and oxygen atoms in total. The van der Waals surface area contributed by atoms with Crippen LogP contribution in [0.4, 0.5) is 5.69 Å². The number of benzene rings is 2. The Balaban J connectivity index is -0.000000241. The summed E-state index contributed by atoms with van der Waals surface area (Å²) in [5, 5.41) is 20.9. The molecule has 2 aromatic rings. The third-order valence-electron chi connectivity index (χ3n) is 6.74. The van der Waals surface area contributed by atoms with Crippen molar-refractivity contribution in [1.29, 1.82) is 5.26 Å². The van der Waals surface area contributed by atoms with Crippen LogP contribution >= 0.6 is 37.2 Å². The second-order valence-electron chi connectivity index (χ2n) is 10.5. The molecular formula is C34H47BI2N10NaO9. The summed E-state index contributed by atoms with van der Waals surface area (Å²) in [5.74, 6) is -2.16. The van der Waals surface area contributed by atoms with Gasteiger partial charge in [0.2, 0.25) is 36.4 Å². The Bertz CT molecular complexity index is 1510. The van der Waals surface area contributed by atoms with Crippen LogP contribution in [0.25, 0.3) is 0 Å². The van der Waals surface area contributed by atoms with Gasteiger partial charge in [0.25, 0.3) is 11.8 Å². The van der Waals surface area contributed by atoms with Gasteiger partial charge in [-0.25, -0.2) is 0 Å². The van der Waals surface area contributed by atoms with Gasteiger partial charge in [-0.15, -0.1) is 0 Å². The second kappa shape index (κ2) is 41.3. The van der Waals surface area contributed by atoms with Crippen molar-refractivity contribution >= 4 is 106 Å². The van der Waals surface area contributed by atoms with E-state index in [1.54, 1.807) is 50.5 Å². The molecule has 57 heavy (non-hydrogen) atoms. The summed E-state index contributed by atoms with van der Waals surface area (Å²) in [7, 11) is 3.18. The third kappa shape index (κ3) is 32.5. The van der Waals surface area contributed by atoms with E-state index in [4.69, 9.17) is 29.0 Å². The molecule has 2 rings (SSSR count). The SMILES string of the molecule is CNC(=O)c1ccc(CCCNC(=O)CC[C@H](NC=O)C(N)=O)cc1.CNC(=O)c1ccc(N)cc1.II.NC(=O)[C@H](CCC(=O)NCC=O)NC=O.[B].[C-]#N.[Na+]. The van der Waals surface area contributed by atoms with Gasteiger partial charge in [0.1, 0.15) is 18.4 Å². The van der Waals surface area contributed by atoms with Gasteiger partial charge in [0.05, 0.1) is 6.54 Å². The number of anilines is 1. The Hall–Kier alpha value is -4.32. The van der Waals surface area contributed by atoms with Gasteiger partial charge in [-0.2, -0.15) is 0 Å². The minimum Gasteiger partial charge on any atom is -0.512 e. The third-order valence-corrected chi connectivity index (χ3v) is 6.74. The first-order valence-electron chi connectivity index (χ1n) is 16.0. The molecule has 0 saturated heterocycles. The van der Waals surface area contributed by atoms with Crippen molar-refractivity contribution in [1.82, 2.24) is 31.9 Å². The number of hydrogen-bond acceptors (Lipinski definition) is 11. The molecule has 2 aromatic carbocycles. The van der Waals surface area contributed by atoms with Crippen LogP contribution in [0.2, 0.25) is 0 Å². The maximum Gasteiger partial charge on any atom is 1.00 e. The van der Waals surface area contributed by atoms with Crippen LogP contribution in [-0.4, -0.2) is 102 Å². The molecule has 2 atom stereocenters. The van der Waals surface area contributed by atoms with Gasteiger partial charge in [0, 0.05) is 95.9 Å². The maximum atomic E-state index is 11.7. The summed E-state index contributed by atoms with van der Waals surface area (Å²) < 4.78 is 0. The quantitative estimate of drug-likeness (QED) is 0.0155. The Morgan fingerprint density at radius 1 is 0.719 bits per heavy atom. The molecule has 23 heteroatoms. The molecule has 305 valence electrons. The van der Waals surface area contributed by atoms with E-state index in [2.05, 4.69) is 69.1 Å². The zero-order chi connectivity index (χ0) is 42.6. The summed E-state index contributed by atoms with van der Waals surface area (Å²) >= 11 is 4.24. The van der Waals surface area contributed by atoms with E-state index in [9.17, 15) is 43.2 Å². The molecule has 8 amide bonds. The van der Waals surface area contributed by atoms with Crippen LogP contribution in [0.3, 0.4) is 0 Å². The fourth-order valence-corrected chi connectivity index (χ4v) is 3.93. The van der Waals surface area contributed by atoms with Crippen LogP contribution in [0.1, 0.15) is 58.4 Å². The first kappa shape index (κ1) is 61.9. The Labute approximate surface area is 379 Å². The number of nitrogens with two attached hydrogens (primary N) is 3. The molecule has 0 aliphatic carbocycles. The molecule has 0 fully saturated rings. The number of nitrogens with zero attached hydrogens (tertiary/aromatic N) is 1. The van der Waals surface area contributed by atoms with Crippen LogP contribution in [0.5, 0.6) is 0 Å². The van der Waals surface area contributed by atoms with Gasteiger partial charge < -0.3 is 65.7 Å². The molecule has 0 saturated carbocycles. The topological polar surface area (TPSA) is 328 Å². The summed E-state index contributed by atoms with van der Waals surface area (Å²) in [4.78, 5) is 97.2. The number of nitrogens with one attached hydrogen (secondary N) is 6. The summed E-state index contributed by atoms with van der Waals surface area (Å²) in [6.07, 6.45) is 3.20. The van der Waals surface area contributed by atoms with Crippen molar-refractivity contribution in [3.05, 3.63) is 71.8 Å². The molecular weight excluding hydrogens is 980 g/mol. The van der Waals surface area contributed by atoms with Crippen LogP contribution in [-0.2, 0) is 40.0 Å². The number of hydrogen-bond donors (Lipinski definition) is 9. The van der Waals surface area contributed by atoms with E-state index in [1.807, 2.05) is 12.1 Å². The molecule has 0 heterocycles. The standard InChI is InChI=1S/C17H24N4O4.C8H13N3O4.C8H10N2O.CN.B.I2.Na/c1-19-17(25)13-6-4-12(5-7-13)3-2-10-20-15(23)9-8-14(16(18)24)21-11-22;9-8(15)6(11-5-13)1-2-7(14)10-3-4-12;1-10-8(11)6-2-4-7(9)5-3-6;1-2;;1-2;/h4-7,11,14H,2-3,8-10H2,1H3,(H2,18,24)(H,19,25)(H,20,23)(H,21,22);4-6H,1-3H2,(H2,9,15)(H,10,14)(H,11,13);2-5H,9H2,1H3,(H,10,11);;;;/q;;;-1;;;+1/t14-;6-;;;;;/m00...../s1. The smallest absolute Gasteiger partial charge is 0.512 e. The molecule has 0 bridgehead atoms. The Morgan fingerprint density at radius 3 is 1.46 bits per heavy atom. The molecule has 0 aromatic heterocycles. The predicted molar refractivity (Wildman–Crippen MR) is 226 cm³/mol. The number of halogens is 2. The van der Waals surface area contributed by atoms with Gasteiger partial charge in [-0.05, 0) is 67.6 Å². The number of aryl methyl sites for hydroxylation is 1. The average molecular weight is 1030 g/mol. The summed E-state index contributed by atoms with van der Waals surface area (Å²) in [5.41, 5.74) is 18.5. The fourth-order valence-electron chi connectivity index (χ4n) is 3.93. The predicted octanol–water partition coefficient (Wildman–Crippen LogP) is -3.72. The maximum absolute atomic E-state index is 11.7. The van der Waals surface area contributed by atoms with Gasteiger partial charge in [-0.1, -0.05) is 12.1 Å². The normalized spacial score (nSPS) is 9.79. The van der Waals surface area contributed by atoms with E-state index in [0.29, 0.717) is 42.5 Å². The second-order valence-corrected chi connectivity index (χ2v) is 10.5. The van der Waals surface area contributed by atoms with Gasteiger partial charge >= 0.3 is 29.6 Å². The van der Waals surface area contributed by atoms with Crippen molar-refractivity contribution in [2.75, 3.05) is 32.9 Å². The number of rotatable bonds is 20. The van der Waals surface area contributed by atoms with Crippen molar-refractivity contribution in [2.24, 2.45) is 11.5 Å². The minimum absolute atomic E-state index is 0. The van der Waals surface area contributed by atoms with Crippen molar-refractivity contribution < 1.29 is 72.7 Å². The van der Waals surface area contributed by atoms with Crippen molar-refractivity contribution in [3.8, 4) is 0 Å². The first-order chi connectivity index (χ1) is 26.3. The van der Waals surface area contributed by atoms with Crippen LogP contribution < -0.4 is 78.7 Å². The van der Waals surface area contributed by atoms with E-state index in [0.717, 1.165) is 18.4 Å². The van der Waals surface area contributed by atoms with Crippen molar-refractivity contribution in [3.63, 3.8) is 0 Å². The number of amides is 8. The summed E-state index contributed by atoms with van der Waals surface area (Å²) in [6.45, 7) is 5.18. The monoisotopic (exact) mass is 1030 g/mol. The van der Waals surface area contributed by atoms with E-state index >= 15 is 0 Å². The van der Waals surface area contributed by atoms with Crippen molar-refractivity contribution in [2.45, 2.75) is 50.6 Å². The van der Waals surface area contributed by atoms with E-state index in [1.165, 1.54) is 0 Å². The zero-order valence-corrected chi connectivity index (χ0v) is 38.2. The average Bonchev–Trinajstić information content (AvgIpc) is 3.20. The summed E-state index contributed by atoms with van der Waals surface area (Å²) in [6, 6.07) is 12.4. The molecule has 0 unspecified atom stereocenters. The number of carbonyl (C=O) groups excluding carboxylic acids is 9. The van der Waals surface area contributed by atoms with E-state index in [-0.39, 0.29) is 93.8 Å². The molecule has 0 aliphatic heterocycles. The minimum atomic E-state index is -0.857. The van der Waals surface area contributed by atoms with E-state index < -0.39 is 23.9 Å². The molecule has 0 spiro atoms. The zero-order valence-electron chi connectivity index (χ0n) is 31.8. The number of aldehydes is 1. The number of carbonyl (C=O) groups is 9. The Morgan fingerprint density at radius 2 is 1.11 bits per heavy atom. The van der Waals surface area contributed by atoms with Crippen LogP contribution in [0, 0.1) is 11.8 Å². The number of primary amides is 2. The number of nitrogen functional groups attached to an aromatic ring is 1. The molecule has 3 radical (unpaired) electrons. The Kier molecular flexibility index (Phi) is 44.9. The first-order valence-corrected chi connectivity index (χ1v) is 22.3. The van der Waals surface area contributed by atoms with Crippen LogP contribution in [0.15, 0.2) is 48.5 Å². The largest absolute Gasteiger partial charge is 1.00 e. The van der Waals surface area contributed by atoms with Gasteiger partial charge in [-0.3, -0.25) is 38.4 Å². The molecule has 0 aliphatic rings. The fraction of sp³-hybridized carbons (Fsp3) is 0.353.